The number of aliphatic hydroxyl groups excluding tert-OH is 1. The van der Waals surface area contributed by atoms with Crippen molar-refractivity contribution in [3.63, 3.8) is 0 Å². The molecule has 152 valence electrons. The minimum Gasteiger partial charge on any atom is -0.454 e. The van der Waals surface area contributed by atoms with Crippen LogP contribution in [0.4, 0.5) is 0 Å². The molecule has 4 rings (SSSR count). The molecule has 1 saturated heterocycles. The lowest BCUT2D eigenvalue weighted by Crippen LogP contribution is -2.37. The molecule has 0 aliphatic carbocycles. The number of benzene rings is 1. The van der Waals surface area contributed by atoms with Crippen LogP contribution in [0.1, 0.15) is 23.0 Å². The largest absolute Gasteiger partial charge is 0.454 e. The maximum absolute atomic E-state index is 13.0. The smallest absolute Gasteiger partial charge is 0.344 e. The molecule has 8 nitrogen and oxygen atoms in total. The molecule has 3 heterocycles. The molecule has 0 spiro atoms. The maximum Gasteiger partial charge on any atom is 0.344 e. The molecular formula is C20H20ClN3O5. The quantitative estimate of drug-likeness (QED) is 0.615. The molecule has 3 aromatic rings. The van der Waals surface area contributed by atoms with Crippen molar-refractivity contribution in [3.05, 3.63) is 46.7 Å². The molecule has 1 aliphatic rings. The monoisotopic (exact) mass is 417 g/mol. The fourth-order valence-corrected chi connectivity index (χ4v) is 3.32. The van der Waals surface area contributed by atoms with Gasteiger partial charge >= 0.3 is 5.97 Å². The van der Waals surface area contributed by atoms with Crippen molar-refractivity contribution in [3.8, 4) is 22.6 Å². The van der Waals surface area contributed by atoms with Crippen LogP contribution in [0.2, 0.25) is 5.02 Å². The molecule has 1 N–H and O–H groups in total. The molecule has 1 aromatic carbocycles. The van der Waals surface area contributed by atoms with Crippen LogP contribution in [-0.2, 0) is 16.0 Å². The minimum absolute atomic E-state index is 0.185. The Morgan fingerprint density at radius 3 is 2.79 bits per heavy atom. The number of esters is 1. The number of aromatic nitrogens is 3. The van der Waals surface area contributed by atoms with Gasteiger partial charge < -0.3 is 19.1 Å². The third-order valence-corrected chi connectivity index (χ3v) is 5.02. The molecule has 1 aliphatic heterocycles. The zero-order chi connectivity index (χ0) is 20.5. The number of aliphatic hydroxyl groups is 1. The van der Waals surface area contributed by atoms with E-state index < -0.39 is 12.1 Å². The highest BCUT2D eigenvalue weighted by Gasteiger charge is 2.32. The minimum atomic E-state index is -0.571. The van der Waals surface area contributed by atoms with Gasteiger partial charge in [0.1, 0.15) is 17.4 Å². The first-order valence-corrected chi connectivity index (χ1v) is 9.57. The lowest BCUT2D eigenvalue weighted by atomic mass is 10.0. The van der Waals surface area contributed by atoms with Crippen LogP contribution in [0.15, 0.2) is 35.0 Å². The third-order valence-electron chi connectivity index (χ3n) is 4.69. The van der Waals surface area contributed by atoms with Crippen LogP contribution in [0.3, 0.4) is 0 Å². The molecule has 9 heteroatoms. The van der Waals surface area contributed by atoms with Gasteiger partial charge in [-0.2, -0.15) is 5.10 Å². The van der Waals surface area contributed by atoms with E-state index in [0.717, 1.165) is 5.69 Å². The number of ether oxygens (including phenoxy) is 2. The van der Waals surface area contributed by atoms with Gasteiger partial charge in [0, 0.05) is 11.3 Å². The summed E-state index contributed by atoms with van der Waals surface area (Å²) in [6.07, 6.45) is 0.707. The molecule has 0 bridgehead atoms. The zero-order valence-corrected chi connectivity index (χ0v) is 16.7. The molecule has 1 unspecified atom stereocenters. The third kappa shape index (κ3) is 3.78. The second-order valence-corrected chi connectivity index (χ2v) is 7.36. The van der Waals surface area contributed by atoms with E-state index in [1.807, 2.05) is 6.92 Å². The molecule has 29 heavy (non-hydrogen) atoms. The van der Waals surface area contributed by atoms with E-state index in [1.54, 1.807) is 42.1 Å². The fraction of sp³-hybridized carbons (Fsp3) is 0.350. The summed E-state index contributed by atoms with van der Waals surface area (Å²) in [7, 11) is 0. The van der Waals surface area contributed by atoms with Crippen LogP contribution in [0, 0.1) is 6.92 Å². The Morgan fingerprint density at radius 2 is 2.14 bits per heavy atom. The van der Waals surface area contributed by atoms with Gasteiger partial charge in [-0.1, -0.05) is 35.0 Å². The number of hydrogen-bond acceptors (Lipinski definition) is 7. The average molecular weight is 418 g/mol. The van der Waals surface area contributed by atoms with Crippen molar-refractivity contribution in [2.24, 2.45) is 0 Å². The topological polar surface area (TPSA) is 99.6 Å². The zero-order valence-electron chi connectivity index (χ0n) is 16.0. The van der Waals surface area contributed by atoms with Gasteiger partial charge in [0.2, 0.25) is 0 Å². The lowest BCUT2D eigenvalue weighted by molar-refractivity contribution is -0.103. The van der Waals surface area contributed by atoms with Gasteiger partial charge in [-0.3, -0.25) is 4.68 Å². The van der Waals surface area contributed by atoms with E-state index in [1.165, 1.54) is 0 Å². The Morgan fingerprint density at radius 1 is 1.38 bits per heavy atom. The first kappa shape index (κ1) is 19.6. The maximum atomic E-state index is 13.0. The standard InChI is InChI=1S/C20H20ClN3O5/c1-11(25)8-24-12(2)15(7-22-24)19-17(20(26)28-13-9-27-10-13)18(23-29-19)14-5-3-4-6-16(14)21/h3-7,11,13,25H,8-10H2,1-2H3. The van der Waals surface area contributed by atoms with E-state index in [0.29, 0.717) is 41.6 Å². The van der Waals surface area contributed by atoms with Crippen LogP contribution < -0.4 is 0 Å². The van der Waals surface area contributed by atoms with Crippen molar-refractivity contribution < 1.29 is 23.9 Å². The molecule has 2 aromatic heterocycles. The second kappa shape index (κ2) is 7.98. The van der Waals surface area contributed by atoms with E-state index in [4.69, 9.17) is 25.6 Å². The van der Waals surface area contributed by atoms with E-state index in [2.05, 4.69) is 10.3 Å². The summed E-state index contributed by atoms with van der Waals surface area (Å²) < 4.78 is 17.9. The highest BCUT2D eigenvalue weighted by Crippen LogP contribution is 2.37. The van der Waals surface area contributed by atoms with Gasteiger partial charge in [-0.15, -0.1) is 0 Å². The summed E-state index contributed by atoms with van der Waals surface area (Å²) >= 11 is 6.33. The van der Waals surface area contributed by atoms with Crippen LogP contribution in [-0.4, -0.2) is 51.4 Å². The molecular weight excluding hydrogens is 398 g/mol. The normalized spacial score (nSPS) is 15.2. The number of rotatable bonds is 6. The number of halogens is 1. The molecule has 0 amide bonds. The van der Waals surface area contributed by atoms with Crippen molar-refractivity contribution in [2.45, 2.75) is 32.6 Å². The summed E-state index contributed by atoms with van der Waals surface area (Å²) in [6, 6.07) is 7.07. The second-order valence-electron chi connectivity index (χ2n) is 6.95. The van der Waals surface area contributed by atoms with E-state index in [-0.39, 0.29) is 17.4 Å². The SMILES string of the molecule is Cc1c(-c2onc(-c3ccccc3Cl)c2C(=O)OC2COC2)cnn1CC(C)O. The number of carbonyl (C=O) groups is 1. The fourth-order valence-electron chi connectivity index (χ4n) is 3.10. The number of carbonyl (C=O) groups excluding carboxylic acids is 1. The lowest BCUT2D eigenvalue weighted by Gasteiger charge is -2.25. The summed E-state index contributed by atoms with van der Waals surface area (Å²) in [5.41, 5.74) is 2.38. The van der Waals surface area contributed by atoms with Crippen molar-refractivity contribution in [1.29, 1.82) is 0 Å². The average Bonchev–Trinajstić information content (AvgIpc) is 3.22. The Kier molecular flexibility index (Phi) is 5.40. The summed E-state index contributed by atoms with van der Waals surface area (Å²) in [5, 5.41) is 18.5. The number of nitrogens with zero attached hydrogens (tertiary/aromatic N) is 3. The summed E-state index contributed by atoms with van der Waals surface area (Å²) in [5.74, 6) is -0.313. The van der Waals surface area contributed by atoms with E-state index >= 15 is 0 Å². The van der Waals surface area contributed by atoms with Crippen molar-refractivity contribution in [2.75, 3.05) is 13.2 Å². The summed E-state index contributed by atoms with van der Waals surface area (Å²) in [4.78, 5) is 13.0. The highest BCUT2D eigenvalue weighted by atomic mass is 35.5. The van der Waals surface area contributed by atoms with Gasteiger partial charge in [0.15, 0.2) is 5.76 Å². The number of hydrogen-bond donors (Lipinski definition) is 1. The molecule has 0 saturated carbocycles. The van der Waals surface area contributed by atoms with Gasteiger partial charge in [0.05, 0.1) is 42.6 Å². The Labute approximate surface area is 172 Å². The van der Waals surface area contributed by atoms with Crippen LogP contribution in [0.25, 0.3) is 22.6 Å². The Bertz CT molecular complexity index is 1040. The Balaban J connectivity index is 1.81. The van der Waals surface area contributed by atoms with Gasteiger partial charge in [-0.25, -0.2) is 4.79 Å². The van der Waals surface area contributed by atoms with Gasteiger partial charge in [-0.05, 0) is 19.9 Å². The first-order valence-electron chi connectivity index (χ1n) is 9.19. The van der Waals surface area contributed by atoms with E-state index in [9.17, 15) is 9.90 Å². The van der Waals surface area contributed by atoms with Crippen LogP contribution >= 0.6 is 11.6 Å². The first-order chi connectivity index (χ1) is 14.0. The summed E-state index contributed by atoms with van der Waals surface area (Å²) in [6.45, 7) is 4.54. The van der Waals surface area contributed by atoms with Gasteiger partial charge in [0.25, 0.3) is 0 Å². The predicted octanol–water partition coefficient (Wildman–Crippen LogP) is 3.10. The molecule has 1 atom stereocenters. The highest BCUT2D eigenvalue weighted by molar-refractivity contribution is 6.33. The van der Waals surface area contributed by atoms with Crippen LogP contribution in [0.5, 0.6) is 0 Å². The molecule has 0 radical (unpaired) electrons. The van der Waals surface area contributed by atoms with Crippen molar-refractivity contribution >= 4 is 17.6 Å². The molecule has 1 fully saturated rings. The van der Waals surface area contributed by atoms with Crippen molar-refractivity contribution in [1.82, 2.24) is 14.9 Å². The predicted molar refractivity (Wildman–Crippen MR) is 105 cm³/mol. The Hall–Kier alpha value is -2.68.